The summed E-state index contributed by atoms with van der Waals surface area (Å²) in [5.41, 5.74) is 4.54. The summed E-state index contributed by atoms with van der Waals surface area (Å²) in [6, 6.07) is -0.312. The number of amides is 2. The van der Waals surface area contributed by atoms with Gasteiger partial charge in [0.1, 0.15) is 0 Å². The highest BCUT2D eigenvalue weighted by Crippen LogP contribution is 2.38. The lowest BCUT2D eigenvalue weighted by molar-refractivity contribution is -0.151. The van der Waals surface area contributed by atoms with Crippen molar-refractivity contribution < 1.29 is 14.7 Å². The zero-order chi connectivity index (χ0) is 14.3. The minimum absolute atomic E-state index is 0.198. The predicted molar refractivity (Wildman–Crippen MR) is 72.8 cm³/mol. The first kappa shape index (κ1) is 15.8. The monoisotopic (exact) mass is 271 g/mol. The van der Waals surface area contributed by atoms with Crippen molar-refractivity contribution >= 4 is 12.0 Å². The molecule has 1 saturated carbocycles. The molecular formula is C13H25N3O3. The van der Waals surface area contributed by atoms with Crippen molar-refractivity contribution in [2.75, 3.05) is 19.6 Å². The van der Waals surface area contributed by atoms with Crippen LogP contribution in [0.5, 0.6) is 0 Å². The van der Waals surface area contributed by atoms with Crippen LogP contribution in [-0.2, 0) is 4.79 Å². The second kappa shape index (κ2) is 7.33. The maximum atomic E-state index is 11.5. The normalized spacial score (nSPS) is 26.7. The maximum Gasteiger partial charge on any atom is 0.314 e. The Balaban J connectivity index is 2.42. The van der Waals surface area contributed by atoms with Crippen LogP contribution in [0.25, 0.3) is 0 Å². The maximum absolute atomic E-state index is 11.5. The van der Waals surface area contributed by atoms with E-state index in [2.05, 4.69) is 17.6 Å². The first-order chi connectivity index (χ1) is 9.00. The average Bonchev–Trinajstić information content (AvgIpc) is 2.38. The van der Waals surface area contributed by atoms with Crippen molar-refractivity contribution in [3.05, 3.63) is 0 Å². The van der Waals surface area contributed by atoms with Crippen LogP contribution in [0, 0.1) is 11.3 Å². The summed E-state index contributed by atoms with van der Waals surface area (Å²) in [4.78, 5) is 23.0. The van der Waals surface area contributed by atoms with Crippen molar-refractivity contribution in [3.8, 4) is 0 Å². The molecule has 5 N–H and O–H groups in total. The molecule has 2 amide bonds. The fourth-order valence-electron chi connectivity index (χ4n) is 2.40. The highest BCUT2D eigenvalue weighted by Gasteiger charge is 2.41. The van der Waals surface area contributed by atoms with Gasteiger partial charge < -0.3 is 21.5 Å². The molecule has 0 atom stereocenters. The van der Waals surface area contributed by atoms with Gasteiger partial charge in [-0.05, 0) is 44.6 Å². The summed E-state index contributed by atoms with van der Waals surface area (Å²) >= 11 is 0. The van der Waals surface area contributed by atoms with Crippen molar-refractivity contribution in [2.45, 2.75) is 39.0 Å². The van der Waals surface area contributed by atoms with Gasteiger partial charge in [-0.2, -0.15) is 0 Å². The van der Waals surface area contributed by atoms with Gasteiger partial charge in [-0.15, -0.1) is 0 Å². The van der Waals surface area contributed by atoms with E-state index in [0.717, 1.165) is 19.3 Å². The van der Waals surface area contributed by atoms with Crippen LogP contribution in [0.15, 0.2) is 0 Å². The Morgan fingerprint density at radius 1 is 1.32 bits per heavy atom. The number of hydrogen-bond donors (Lipinski definition) is 4. The van der Waals surface area contributed by atoms with Crippen molar-refractivity contribution in [2.24, 2.45) is 17.1 Å². The number of carboxylic acid groups (broad SMARTS) is 1. The molecule has 0 radical (unpaired) electrons. The summed E-state index contributed by atoms with van der Waals surface area (Å²) in [6.45, 7) is 3.37. The van der Waals surface area contributed by atoms with E-state index in [1.807, 2.05) is 0 Å². The zero-order valence-electron chi connectivity index (χ0n) is 11.6. The van der Waals surface area contributed by atoms with Gasteiger partial charge in [0.25, 0.3) is 0 Å². The number of nitrogens with two attached hydrogens (primary N) is 1. The first-order valence-electron chi connectivity index (χ1n) is 6.95. The first-order valence-corrected chi connectivity index (χ1v) is 6.95. The van der Waals surface area contributed by atoms with Gasteiger partial charge in [0, 0.05) is 13.1 Å². The second-order valence-corrected chi connectivity index (χ2v) is 5.52. The molecule has 0 aromatic carbocycles. The highest BCUT2D eigenvalue weighted by molar-refractivity contribution is 5.78. The van der Waals surface area contributed by atoms with Crippen molar-refractivity contribution in [1.82, 2.24) is 10.6 Å². The van der Waals surface area contributed by atoms with Gasteiger partial charge in [-0.1, -0.05) is 6.92 Å². The average molecular weight is 271 g/mol. The molecule has 6 nitrogen and oxygen atoms in total. The molecule has 0 aliphatic heterocycles. The molecule has 110 valence electrons. The van der Waals surface area contributed by atoms with Gasteiger partial charge in [0.2, 0.25) is 0 Å². The summed E-state index contributed by atoms with van der Waals surface area (Å²) in [5, 5.41) is 14.8. The molecule has 0 unspecified atom stereocenters. The molecule has 1 rings (SSSR count). The van der Waals surface area contributed by atoms with Crippen LogP contribution < -0.4 is 16.4 Å². The predicted octanol–water partition coefficient (Wildman–Crippen LogP) is 0.916. The van der Waals surface area contributed by atoms with Crippen molar-refractivity contribution in [3.63, 3.8) is 0 Å². The molecule has 0 aromatic heterocycles. The number of carboxylic acids is 1. The third kappa shape index (κ3) is 4.70. The van der Waals surface area contributed by atoms with Gasteiger partial charge >= 0.3 is 12.0 Å². The highest BCUT2D eigenvalue weighted by atomic mass is 16.4. The minimum atomic E-state index is -0.804. The quantitative estimate of drug-likeness (QED) is 0.539. The van der Waals surface area contributed by atoms with Crippen LogP contribution >= 0.6 is 0 Å². The SMILES string of the molecule is CC1CCC(CNC(=O)NCCCN)(C(=O)O)CC1. The van der Waals surface area contributed by atoms with Gasteiger partial charge in [0.05, 0.1) is 5.41 Å². The number of carbonyl (C=O) groups is 2. The van der Waals surface area contributed by atoms with Crippen LogP contribution in [0.2, 0.25) is 0 Å². The van der Waals surface area contributed by atoms with E-state index >= 15 is 0 Å². The molecule has 0 heterocycles. The largest absolute Gasteiger partial charge is 0.481 e. The molecule has 0 bridgehead atoms. The van der Waals surface area contributed by atoms with Crippen LogP contribution in [-0.4, -0.2) is 36.7 Å². The Bertz CT molecular complexity index is 312. The van der Waals surface area contributed by atoms with Crippen LogP contribution in [0.4, 0.5) is 4.79 Å². The number of carbonyl (C=O) groups excluding carboxylic acids is 1. The van der Waals surface area contributed by atoms with E-state index in [1.54, 1.807) is 0 Å². The fraction of sp³-hybridized carbons (Fsp3) is 0.846. The lowest BCUT2D eigenvalue weighted by Crippen LogP contribution is -2.48. The van der Waals surface area contributed by atoms with Crippen molar-refractivity contribution in [1.29, 1.82) is 0 Å². The Morgan fingerprint density at radius 3 is 2.47 bits per heavy atom. The minimum Gasteiger partial charge on any atom is -0.481 e. The molecule has 0 saturated heterocycles. The number of nitrogens with one attached hydrogen (secondary N) is 2. The van der Waals surface area contributed by atoms with E-state index in [9.17, 15) is 14.7 Å². The number of urea groups is 1. The Hall–Kier alpha value is -1.30. The molecule has 1 aliphatic carbocycles. The lowest BCUT2D eigenvalue weighted by atomic mass is 9.71. The van der Waals surface area contributed by atoms with Gasteiger partial charge in [-0.3, -0.25) is 4.79 Å². The summed E-state index contributed by atoms with van der Waals surface area (Å²) in [6.07, 6.45) is 3.79. The molecule has 1 aliphatic rings. The Morgan fingerprint density at radius 2 is 1.95 bits per heavy atom. The smallest absolute Gasteiger partial charge is 0.314 e. The molecule has 0 aromatic rings. The second-order valence-electron chi connectivity index (χ2n) is 5.52. The molecular weight excluding hydrogens is 246 g/mol. The third-order valence-electron chi connectivity index (χ3n) is 3.94. The number of hydrogen-bond acceptors (Lipinski definition) is 3. The summed E-state index contributed by atoms with van der Waals surface area (Å²) in [5.74, 6) is -0.229. The third-order valence-corrected chi connectivity index (χ3v) is 3.94. The van der Waals surface area contributed by atoms with Gasteiger partial charge in [-0.25, -0.2) is 4.79 Å². The van der Waals surface area contributed by atoms with Crippen LogP contribution in [0.1, 0.15) is 39.0 Å². The molecule has 1 fully saturated rings. The van der Waals surface area contributed by atoms with E-state index in [-0.39, 0.29) is 12.6 Å². The van der Waals surface area contributed by atoms with Gasteiger partial charge in [0.15, 0.2) is 0 Å². The zero-order valence-corrected chi connectivity index (χ0v) is 11.6. The number of aliphatic carboxylic acids is 1. The van der Waals surface area contributed by atoms with E-state index in [4.69, 9.17) is 5.73 Å². The Labute approximate surface area is 114 Å². The van der Waals surface area contributed by atoms with E-state index < -0.39 is 11.4 Å². The summed E-state index contributed by atoms with van der Waals surface area (Å²) in [7, 11) is 0. The van der Waals surface area contributed by atoms with E-state index in [0.29, 0.717) is 31.8 Å². The summed E-state index contributed by atoms with van der Waals surface area (Å²) < 4.78 is 0. The topological polar surface area (TPSA) is 104 Å². The van der Waals surface area contributed by atoms with Crippen LogP contribution in [0.3, 0.4) is 0 Å². The molecule has 0 spiro atoms. The number of rotatable bonds is 6. The fourth-order valence-corrected chi connectivity index (χ4v) is 2.40. The molecule has 19 heavy (non-hydrogen) atoms. The standard InChI is InChI=1S/C13H25N3O3/c1-10-3-5-13(6-4-10,11(17)18)9-16-12(19)15-8-2-7-14/h10H,2-9,14H2,1H3,(H,17,18)(H2,15,16,19). The Kier molecular flexibility index (Phi) is 6.08. The lowest BCUT2D eigenvalue weighted by Gasteiger charge is -2.35. The molecule has 6 heteroatoms. The van der Waals surface area contributed by atoms with E-state index in [1.165, 1.54) is 0 Å².